The molecule has 0 aromatic heterocycles. The first kappa shape index (κ1) is 14.1. The topological polar surface area (TPSA) is 40.3 Å². The molecule has 0 spiro atoms. The second-order valence-electron chi connectivity index (χ2n) is 5.60. The zero-order valence-corrected chi connectivity index (χ0v) is 12.1. The minimum atomic E-state index is -0.456. The Balaban J connectivity index is 1.92. The molecule has 1 aliphatic heterocycles. The van der Waals surface area contributed by atoms with Gasteiger partial charge in [0.1, 0.15) is 0 Å². The van der Waals surface area contributed by atoms with Crippen molar-refractivity contribution in [3.8, 4) is 0 Å². The number of hydrogen-bond acceptors (Lipinski definition) is 2. The third-order valence-electron chi connectivity index (χ3n) is 3.74. The summed E-state index contributed by atoms with van der Waals surface area (Å²) in [5, 5.41) is 10.3. The van der Waals surface area contributed by atoms with E-state index in [4.69, 9.17) is 0 Å². The van der Waals surface area contributed by atoms with Crippen molar-refractivity contribution in [1.82, 2.24) is 4.90 Å². The van der Waals surface area contributed by atoms with E-state index in [2.05, 4.69) is 19.1 Å². The highest BCUT2D eigenvalue weighted by Crippen LogP contribution is 2.27. The van der Waals surface area contributed by atoms with Gasteiger partial charge in [-0.1, -0.05) is 17.7 Å². The smallest absolute Gasteiger partial charge is 0.222 e. The van der Waals surface area contributed by atoms with Gasteiger partial charge in [-0.15, -0.1) is 0 Å². The summed E-state index contributed by atoms with van der Waals surface area (Å²) < 4.78 is 0. The van der Waals surface area contributed by atoms with Gasteiger partial charge >= 0.3 is 0 Å². The molecule has 3 nitrogen and oxygen atoms in total. The van der Waals surface area contributed by atoms with Crippen molar-refractivity contribution >= 4 is 5.91 Å². The molecule has 1 atom stereocenters. The van der Waals surface area contributed by atoms with Crippen molar-refractivity contribution in [2.75, 3.05) is 13.1 Å². The van der Waals surface area contributed by atoms with Crippen LogP contribution in [0.25, 0.3) is 0 Å². The Bertz CT molecular complexity index is 455. The van der Waals surface area contributed by atoms with Gasteiger partial charge in [-0.25, -0.2) is 0 Å². The van der Waals surface area contributed by atoms with Crippen LogP contribution in [-0.4, -0.2) is 29.0 Å². The second-order valence-corrected chi connectivity index (χ2v) is 5.60. The maximum atomic E-state index is 11.5. The second kappa shape index (κ2) is 5.74. The zero-order chi connectivity index (χ0) is 14.0. The van der Waals surface area contributed by atoms with E-state index in [-0.39, 0.29) is 5.91 Å². The Kier molecular flexibility index (Phi) is 4.25. The molecular weight excluding hydrogens is 238 g/mol. The highest BCUT2D eigenvalue weighted by Gasteiger charge is 2.23. The lowest BCUT2D eigenvalue weighted by Crippen LogP contribution is -2.11. The van der Waals surface area contributed by atoms with Gasteiger partial charge in [0, 0.05) is 19.5 Å². The lowest BCUT2D eigenvalue weighted by molar-refractivity contribution is -0.125. The van der Waals surface area contributed by atoms with Gasteiger partial charge in [-0.3, -0.25) is 4.79 Å². The van der Waals surface area contributed by atoms with E-state index in [9.17, 15) is 9.90 Å². The third kappa shape index (κ3) is 3.57. The molecule has 19 heavy (non-hydrogen) atoms. The number of benzene rings is 1. The number of nitrogens with zero attached hydrogens (tertiary/aromatic N) is 1. The third-order valence-corrected chi connectivity index (χ3v) is 3.74. The number of rotatable bonds is 5. The Hall–Kier alpha value is -1.35. The number of carbonyl (C=O) groups is 1. The minimum Gasteiger partial charge on any atom is -0.388 e. The predicted octanol–water partition coefficient (Wildman–Crippen LogP) is 2.66. The van der Waals surface area contributed by atoms with Gasteiger partial charge in [0.15, 0.2) is 0 Å². The molecule has 1 aliphatic rings. The van der Waals surface area contributed by atoms with E-state index in [1.807, 2.05) is 18.7 Å². The van der Waals surface area contributed by atoms with Crippen LogP contribution in [0.4, 0.5) is 0 Å². The Morgan fingerprint density at radius 3 is 2.37 bits per heavy atom. The van der Waals surface area contributed by atoms with E-state index < -0.39 is 6.10 Å². The van der Waals surface area contributed by atoms with Crippen LogP contribution in [0, 0.1) is 20.8 Å². The van der Waals surface area contributed by atoms with Gasteiger partial charge in [-0.05, 0) is 50.3 Å². The Morgan fingerprint density at radius 2 is 1.84 bits per heavy atom. The maximum Gasteiger partial charge on any atom is 0.222 e. The first-order valence-corrected chi connectivity index (χ1v) is 7.02. The first-order chi connectivity index (χ1) is 8.99. The molecule has 1 saturated heterocycles. The summed E-state index contributed by atoms with van der Waals surface area (Å²) in [5.41, 5.74) is 4.54. The molecule has 1 aromatic rings. The van der Waals surface area contributed by atoms with Crippen molar-refractivity contribution < 1.29 is 9.90 Å². The summed E-state index contributed by atoms with van der Waals surface area (Å²) in [5.74, 6) is 0.226. The maximum absolute atomic E-state index is 11.5. The fourth-order valence-corrected chi connectivity index (χ4v) is 2.77. The number of aliphatic hydroxyl groups excluding tert-OH is 1. The van der Waals surface area contributed by atoms with Crippen molar-refractivity contribution in [1.29, 1.82) is 0 Å². The van der Waals surface area contributed by atoms with Crippen LogP contribution in [0.15, 0.2) is 12.1 Å². The van der Waals surface area contributed by atoms with Gasteiger partial charge < -0.3 is 10.0 Å². The monoisotopic (exact) mass is 261 g/mol. The molecule has 0 aliphatic carbocycles. The summed E-state index contributed by atoms with van der Waals surface area (Å²) in [6.07, 6.45) is 1.51. The molecule has 1 unspecified atom stereocenters. The minimum absolute atomic E-state index is 0.226. The lowest BCUT2D eigenvalue weighted by atomic mass is 9.93. The number of hydrogen-bond donors (Lipinski definition) is 1. The average Bonchev–Trinajstić information content (AvgIpc) is 3.10. The fraction of sp³-hybridized carbons (Fsp3) is 0.562. The lowest BCUT2D eigenvalue weighted by Gasteiger charge is -2.17. The molecule has 104 valence electrons. The molecule has 0 saturated carbocycles. The van der Waals surface area contributed by atoms with E-state index in [1.165, 1.54) is 5.56 Å². The standard InChI is InChI=1S/C16H23NO2/c1-11-9-12(2)16(13(3)10-11)14(18)5-4-6-15(19)17-7-8-17/h9-10,14,18H,4-8H2,1-3H3. The van der Waals surface area contributed by atoms with Gasteiger partial charge in [0.05, 0.1) is 6.10 Å². The van der Waals surface area contributed by atoms with E-state index >= 15 is 0 Å². The number of amides is 1. The van der Waals surface area contributed by atoms with Crippen LogP contribution in [-0.2, 0) is 4.79 Å². The Labute approximate surface area is 115 Å². The normalized spacial score (nSPS) is 15.5. The van der Waals surface area contributed by atoms with Crippen LogP contribution in [0.5, 0.6) is 0 Å². The molecule has 1 amide bonds. The van der Waals surface area contributed by atoms with Crippen LogP contribution in [0.2, 0.25) is 0 Å². The number of aliphatic hydroxyl groups is 1. The summed E-state index contributed by atoms with van der Waals surface area (Å²) in [4.78, 5) is 13.4. The first-order valence-electron chi connectivity index (χ1n) is 7.02. The number of aryl methyl sites for hydroxylation is 3. The molecule has 1 heterocycles. The molecule has 0 radical (unpaired) electrons. The Morgan fingerprint density at radius 1 is 1.26 bits per heavy atom. The van der Waals surface area contributed by atoms with E-state index in [0.29, 0.717) is 12.8 Å². The molecular formula is C16H23NO2. The summed E-state index contributed by atoms with van der Waals surface area (Å²) in [6.45, 7) is 7.98. The summed E-state index contributed by atoms with van der Waals surface area (Å²) in [7, 11) is 0. The van der Waals surface area contributed by atoms with E-state index in [1.54, 1.807) is 0 Å². The largest absolute Gasteiger partial charge is 0.388 e. The van der Waals surface area contributed by atoms with Gasteiger partial charge in [0.2, 0.25) is 5.91 Å². The average molecular weight is 261 g/mol. The van der Waals surface area contributed by atoms with Crippen LogP contribution in [0.1, 0.15) is 47.6 Å². The summed E-state index contributed by atoms with van der Waals surface area (Å²) >= 11 is 0. The quantitative estimate of drug-likeness (QED) is 0.828. The molecule has 1 fully saturated rings. The van der Waals surface area contributed by atoms with Crippen LogP contribution >= 0.6 is 0 Å². The SMILES string of the molecule is Cc1cc(C)c(C(O)CCCC(=O)N2CC2)c(C)c1. The zero-order valence-electron chi connectivity index (χ0n) is 12.1. The molecule has 3 heteroatoms. The molecule has 1 N–H and O–H groups in total. The van der Waals surface area contributed by atoms with Crippen molar-refractivity contribution in [3.05, 3.63) is 34.4 Å². The molecule has 0 bridgehead atoms. The molecule has 1 aromatic carbocycles. The van der Waals surface area contributed by atoms with Crippen molar-refractivity contribution in [2.24, 2.45) is 0 Å². The number of carbonyl (C=O) groups excluding carboxylic acids is 1. The van der Waals surface area contributed by atoms with Crippen LogP contribution < -0.4 is 0 Å². The van der Waals surface area contributed by atoms with Crippen molar-refractivity contribution in [3.63, 3.8) is 0 Å². The molecule has 2 rings (SSSR count). The predicted molar refractivity (Wildman–Crippen MR) is 76.0 cm³/mol. The highest BCUT2D eigenvalue weighted by atomic mass is 16.3. The van der Waals surface area contributed by atoms with Crippen LogP contribution in [0.3, 0.4) is 0 Å². The van der Waals surface area contributed by atoms with Gasteiger partial charge in [0.25, 0.3) is 0 Å². The fourth-order valence-electron chi connectivity index (χ4n) is 2.77. The van der Waals surface area contributed by atoms with Gasteiger partial charge in [-0.2, -0.15) is 0 Å². The summed E-state index contributed by atoms with van der Waals surface area (Å²) in [6, 6.07) is 4.21. The van der Waals surface area contributed by atoms with Crippen molar-refractivity contribution in [2.45, 2.75) is 46.1 Å². The highest BCUT2D eigenvalue weighted by molar-refractivity contribution is 5.78. The van der Waals surface area contributed by atoms with E-state index in [0.717, 1.165) is 36.2 Å².